The summed E-state index contributed by atoms with van der Waals surface area (Å²) in [7, 11) is 1.08. The van der Waals surface area contributed by atoms with Gasteiger partial charge in [-0.1, -0.05) is 0 Å². The molecule has 0 bridgehead atoms. The van der Waals surface area contributed by atoms with Crippen LogP contribution in [0.4, 0.5) is 14.5 Å². The van der Waals surface area contributed by atoms with Crippen molar-refractivity contribution in [2.24, 2.45) is 0 Å². The lowest BCUT2D eigenvalue weighted by molar-refractivity contribution is -0.116. The molecule has 0 aliphatic rings. The Hall–Kier alpha value is -1.69. The van der Waals surface area contributed by atoms with E-state index in [2.05, 4.69) is 10.1 Å². The van der Waals surface area contributed by atoms with Crippen LogP contribution >= 0.6 is 11.6 Å². The molecule has 0 aromatic heterocycles. The van der Waals surface area contributed by atoms with Crippen LogP contribution in [0.15, 0.2) is 12.1 Å². The quantitative estimate of drug-likeness (QED) is 0.499. The number of hydrogen-bond donors (Lipinski definition) is 1. The lowest BCUT2D eigenvalue weighted by Gasteiger charge is -2.09. The Bertz CT molecular complexity index is 509. The SMILES string of the molecule is COC(=O)c1cc(NC(=O)CCCCCl)c(F)cc1F. The Morgan fingerprint density at radius 3 is 2.55 bits per heavy atom. The Morgan fingerprint density at radius 1 is 1.25 bits per heavy atom. The summed E-state index contributed by atoms with van der Waals surface area (Å²) < 4.78 is 31.3. The van der Waals surface area contributed by atoms with Crippen molar-refractivity contribution in [3.05, 3.63) is 29.3 Å². The molecule has 0 atom stereocenters. The average Bonchev–Trinajstić information content (AvgIpc) is 2.41. The molecule has 7 heteroatoms. The second-order valence-corrected chi connectivity index (χ2v) is 4.38. The van der Waals surface area contributed by atoms with Crippen LogP contribution in [-0.4, -0.2) is 24.9 Å². The number of carbonyl (C=O) groups is 2. The van der Waals surface area contributed by atoms with Gasteiger partial charge in [0.2, 0.25) is 5.91 Å². The molecule has 0 spiro atoms. The number of rotatable bonds is 6. The highest BCUT2D eigenvalue weighted by Crippen LogP contribution is 2.20. The molecular formula is C13H14ClF2NO3. The summed E-state index contributed by atoms with van der Waals surface area (Å²) in [6.45, 7) is 0. The maximum Gasteiger partial charge on any atom is 0.340 e. The zero-order valence-corrected chi connectivity index (χ0v) is 11.6. The van der Waals surface area contributed by atoms with Crippen molar-refractivity contribution in [2.75, 3.05) is 18.3 Å². The number of ether oxygens (including phenoxy) is 1. The zero-order chi connectivity index (χ0) is 15.1. The van der Waals surface area contributed by atoms with Gasteiger partial charge in [-0.15, -0.1) is 11.6 Å². The number of unbranched alkanes of at least 4 members (excludes halogenated alkanes) is 1. The number of esters is 1. The zero-order valence-electron chi connectivity index (χ0n) is 10.8. The van der Waals surface area contributed by atoms with E-state index in [0.717, 1.165) is 13.2 Å². The van der Waals surface area contributed by atoms with Crippen LogP contribution in [0.25, 0.3) is 0 Å². The molecule has 0 saturated heterocycles. The maximum atomic E-state index is 13.5. The Balaban J connectivity index is 2.84. The molecule has 1 aromatic rings. The first-order valence-corrected chi connectivity index (χ1v) is 6.46. The molecule has 0 fully saturated rings. The first-order valence-electron chi connectivity index (χ1n) is 5.92. The van der Waals surface area contributed by atoms with Gasteiger partial charge >= 0.3 is 5.97 Å². The first-order chi connectivity index (χ1) is 9.49. The summed E-state index contributed by atoms with van der Waals surface area (Å²) in [6.07, 6.45) is 1.38. The minimum absolute atomic E-state index is 0.164. The van der Waals surface area contributed by atoms with Crippen molar-refractivity contribution in [3.63, 3.8) is 0 Å². The van der Waals surface area contributed by atoms with E-state index in [0.29, 0.717) is 24.8 Å². The lowest BCUT2D eigenvalue weighted by atomic mass is 10.1. The highest BCUT2D eigenvalue weighted by atomic mass is 35.5. The Kier molecular flexibility index (Phi) is 6.38. The summed E-state index contributed by atoms with van der Waals surface area (Å²) in [5.41, 5.74) is -0.701. The number of carbonyl (C=O) groups excluding carboxylic acids is 2. The van der Waals surface area contributed by atoms with Gasteiger partial charge in [0.15, 0.2) is 0 Å². The fourth-order valence-corrected chi connectivity index (χ4v) is 1.69. The second-order valence-electron chi connectivity index (χ2n) is 4.00. The third kappa shape index (κ3) is 4.45. The number of benzene rings is 1. The molecular weight excluding hydrogens is 292 g/mol. The topological polar surface area (TPSA) is 55.4 Å². The molecule has 110 valence electrons. The second kappa shape index (κ2) is 7.79. The number of halogens is 3. The molecule has 0 saturated carbocycles. The van der Waals surface area contributed by atoms with Crippen molar-refractivity contribution in [2.45, 2.75) is 19.3 Å². The van der Waals surface area contributed by atoms with Crippen molar-refractivity contribution >= 4 is 29.2 Å². The van der Waals surface area contributed by atoms with Crippen LogP contribution in [-0.2, 0) is 9.53 Å². The van der Waals surface area contributed by atoms with Crippen LogP contribution in [0.2, 0.25) is 0 Å². The summed E-state index contributed by atoms with van der Waals surface area (Å²) in [5.74, 6) is -2.95. The number of hydrogen-bond acceptors (Lipinski definition) is 3. The van der Waals surface area contributed by atoms with Crippen molar-refractivity contribution in [1.82, 2.24) is 0 Å². The molecule has 0 unspecified atom stereocenters. The van der Waals surface area contributed by atoms with Gasteiger partial charge in [-0.05, 0) is 18.9 Å². The number of nitrogens with one attached hydrogen (secondary N) is 1. The average molecular weight is 306 g/mol. The standard InChI is InChI=1S/C13H14ClF2NO3/c1-20-13(19)8-6-11(10(16)7-9(8)15)17-12(18)4-2-3-5-14/h6-7H,2-5H2,1H3,(H,17,18). The minimum Gasteiger partial charge on any atom is -0.465 e. The Labute approximate surface area is 120 Å². The summed E-state index contributed by atoms with van der Waals surface area (Å²) in [6, 6.07) is 1.44. The molecule has 1 amide bonds. The summed E-state index contributed by atoms with van der Waals surface area (Å²) >= 11 is 5.47. The largest absolute Gasteiger partial charge is 0.465 e. The molecule has 0 heterocycles. The van der Waals surface area contributed by atoms with E-state index >= 15 is 0 Å². The fraction of sp³-hybridized carbons (Fsp3) is 0.385. The molecule has 0 aliphatic heterocycles. The first kappa shape index (κ1) is 16.4. The van der Waals surface area contributed by atoms with Gasteiger partial charge in [0, 0.05) is 18.4 Å². The lowest BCUT2D eigenvalue weighted by Crippen LogP contribution is -2.14. The van der Waals surface area contributed by atoms with E-state index in [1.807, 2.05) is 0 Å². The van der Waals surface area contributed by atoms with Crippen LogP contribution in [0.3, 0.4) is 0 Å². The minimum atomic E-state index is -1.05. The van der Waals surface area contributed by atoms with Crippen LogP contribution in [0.5, 0.6) is 0 Å². The van der Waals surface area contributed by atoms with Crippen LogP contribution in [0.1, 0.15) is 29.6 Å². The van der Waals surface area contributed by atoms with Gasteiger partial charge in [-0.3, -0.25) is 4.79 Å². The maximum absolute atomic E-state index is 13.5. The number of methoxy groups -OCH3 is 1. The van der Waals surface area contributed by atoms with E-state index in [9.17, 15) is 18.4 Å². The van der Waals surface area contributed by atoms with Gasteiger partial charge in [0.25, 0.3) is 0 Å². The molecule has 1 N–H and O–H groups in total. The summed E-state index contributed by atoms with van der Waals surface area (Å²) in [5, 5.41) is 2.28. The molecule has 1 rings (SSSR count). The van der Waals surface area contributed by atoms with E-state index in [1.54, 1.807) is 0 Å². The predicted molar refractivity (Wildman–Crippen MR) is 70.9 cm³/mol. The highest BCUT2D eigenvalue weighted by Gasteiger charge is 2.17. The fourth-order valence-electron chi connectivity index (χ4n) is 1.50. The van der Waals surface area contributed by atoms with Crippen LogP contribution in [0, 0.1) is 11.6 Å². The molecule has 20 heavy (non-hydrogen) atoms. The van der Waals surface area contributed by atoms with E-state index in [1.165, 1.54) is 0 Å². The monoisotopic (exact) mass is 305 g/mol. The number of anilines is 1. The van der Waals surface area contributed by atoms with Gasteiger partial charge < -0.3 is 10.1 Å². The molecule has 1 aromatic carbocycles. The number of alkyl halides is 1. The van der Waals surface area contributed by atoms with Crippen molar-refractivity contribution in [1.29, 1.82) is 0 Å². The van der Waals surface area contributed by atoms with E-state index in [-0.39, 0.29) is 12.1 Å². The molecule has 0 radical (unpaired) electrons. The third-order valence-electron chi connectivity index (χ3n) is 2.52. The number of amides is 1. The van der Waals surface area contributed by atoms with Gasteiger partial charge in [-0.25, -0.2) is 13.6 Å². The summed E-state index contributed by atoms with van der Waals surface area (Å²) in [4.78, 5) is 22.8. The highest BCUT2D eigenvalue weighted by molar-refractivity contribution is 6.17. The normalized spacial score (nSPS) is 10.2. The van der Waals surface area contributed by atoms with Gasteiger partial charge in [0.1, 0.15) is 11.6 Å². The third-order valence-corrected chi connectivity index (χ3v) is 2.79. The smallest absolute Gasteiger partial charge is 0.340 e. The molecule has 4 nitrogen and oxygen atoms in total. The Morgan fingerprint density at radius 2 is 1.95 bits per heavy atom. The van der Waals surface area contributed by atoms with E-state index < -0.39 is 29.1 Å². The predicted octanol–water partition coefficient (Wildman–Crippen LogP) is 3.10. The van der Waals surface area contributed by atoms with Crippen molar-refractivity contribution in [3.8, 4) is 0 Å². The van der Waals surface area contributed by atoms with Crippen molar-refractivity contribution < 1.29 is 23.1 Å². The molecule has 0 aliphatic carbocycles. The van der Waals surface area contributed by atoms with E-state index in [4.69, 9.17) is 11.6 Å². The van der Waals surface area contributed by atoms with Gasteiger partial charge in [-0.2, -0.15) is 0 Å². The van der Waals surface area contributed by atoms with Gasteiger partial charge in [0.05, 0.1) is 18.4 Å². The van der Waals surface area contributed by atoms with Crippen LogP contribution < -0.4 is 5.32 Å².